The maximum atomic E-state index is 12.9. The molecular formula is C11H11FN2O. The molecule has 1 unspecified atom stereocenters. The van der Waals surface area contributed by atoms with E-state index in [9.17, 15) is 4.39 Å². The highest BCUT2D eigenvalue weighted by Crippen LogP contribution is 2.24. The van der Waals surface area contributed by atoms with Gasteiger partial charge in [0, 0.05) is 24.9 Å². The zero-order valence-corrected chi connectivity index (χ0v) is 8.19. The number of ether oxygens (including phenoxy) is 1. The van der Waals surface area contributed by atoms with Crippen molar-refractivity contribution >= 4 is 5.65 Å². The Morgan fingerprint density at radius 1 is 1.40 bits per heavy atom. The molecule has 0 saturated carbocycles. The predicted molar refractivity (Wildman–Crippen MR) is 53.3 cm³/mol. The molecule has 0 bridgehead atoms. The number of hydrogen-bond donors (Lipinski definition) is 0. The molecule has 3 heterocycles. The number of hydrogen-bond acceptors (Lipinski definition) is 2. The van der Waals surface area contributed by atoms with E-state index in [0.29, 0.717) is 5.92 Å². The summed E-state index contributed by atoms with van der Waals surface area (Å²) in [7, 11) is 0. The van der Waals surface area contributed by atoms with Crippen molar-refractivity contribution in [2.75, 3.05) is 13.2 Å². The second-order valence-electron chi connectivity index (χ2n) is 3.84. The van der Waals surface area contributed by atoms with Gasteiger partial charge in [-0.15, -0.1) is 0 Å². The van der Waals surface area contributed by atoms with Crippen molar-refractivity contribution in [1.82, 2.24) is 9.38 Å². The molecule has 3 rings (SSSR count). The first kappa shape index (κ1) is 8.85. The summed E-state index contributed by atoms with van der Waals surface area (Å²) in [5, 5.41) is 0. The van der Waals surface area contributed by atoms with Crippen LogP contribution in [-0.4, -0.2) is 22.6 Å². The molecule has 1 aliphatic rings. The van der Waals surface area contributed by atoms with E-state index in [0.717, 1.165) is 31.0 Å². The average molecular weight is 206 g/mol. The maximum Gasteiger partial charge on any atom is 0.139 e. The number of fused-ring (bicyclic) bond motifs is 1. The molecule has 0 aromatic carbocycles. The van der Waals surface area contributed by atoms with Gasteiger partial charge in [0.15, 0.2) is 0 Å². The fourth-order valence-electron chi connectivity index (χ4n) is 1.95. The molecule has 0 spiro atoms. The molecule has 0 radical (unpaired) electrons. The smallest absolute Gasteiger partial charge is 0.139 e. The second-order valence-corrected chi connectivity index (χ2v) is 3.84. The number of halogens is 1. The molecule has 2 aromatic heterocycles. The number of imidazole rings is 1. The van der Waals surface area contributed by atoms with Crippen molar-refractivity contribution in [3.05, 3.63) is 36.0 Å². The average Bonchev–Trinajstić information content (AvgIpc) is 2.84. The third-order valence-corrected chi connectivity index (χ3v) is 2.78. The van der Waals surface area contributed by atoms with Crippen LogP contribution in [0.2, 0.25) is 0 Å². The van der Waals surface area contributed by atoms with Gasteiger partial charge in [-0.05, 0) is 18.6 Å². The molecule has 3 nitrogen and oxygen atoms in total. The molecule has 78 valence electrons. The quantitative estimate of drug-likeness (QED) is 0.713. The minimum absolute atomic E-state index is 0.242. The van der Waals surface area contributed by atoms with Crippen molar-refractivity contribution in [2.24, 2.45) is 0 Å². The SMILES string of the molecule is Fc1ccc2nc(C3CCOC3)cn2c1. The van der Waals surface area contributed by atoms with Crippen molar-refractivity contribution in [1.29, 1.82) is 0 Å². The lowest BCUT2D eigenvalue weighted by Gasteiger charge is -2.00. The zero-order valence-electron chi connectivity index (χ0n) is 8.19. The van der Waals surface area contributed by atoms with Gasteiger partial charge in [0.25, 0.3) is 0 Å². The molecular weight excluding hydrogens is 195 g/mol. The van der Waals surface area contributed by atoms with Crippen LogP contribution in [0.4, 0.5) is 4.39 Å². The van der Waals surface area contributed by atoms with Gasteiger partial charge in [-0.1, -0.05) is 0 Å². The van der Waals surface area contributed by atoms with E-state index in [1.54, 1.807) is 10.5 Å². The molecule has 1 aliphatic heterocycles. The van der Waals surface area contributed by atoms with Crippen molar-refractivity contribution in [3.63, 3.8) is 0 Å². The topological polar surface area (TPSA) is 26.5 Å². The third-order valence-electron chi connectivity index (χ3n) is 2.78. The van der Waals surface area contributed by atoms with Crippen LogP contribution < -0.4 is 0 Å². The zero-order chi connectivity index (χ0) is 10.3. The van der Waals surface area contributed by atoms with E-state index in [2.05, 4.69) is 4.98 Å². The minimum atomic E-state index is -0.242. The second kappa shape index (κ2) is 3.31. The normalized spacial score (nSPS) is 21.3. The van der Waals surface area contributed by atoms with Gasteiger partial charge in [-0.25, -0.2) is 9.37 Å². The Morgan fingerprint density at radius 2 is 2.33 bits per heavy atom. The lowest BCUT2D eigenvalue weighted by atomic mass is 10.1. The van der Waals surface area contributed by atoms with Gasteiger partial charge in [0.1, 0.15) is 11.5 Å². The summed E-state index contributed by atoms with van der Waals surface area (Å²) in [5.74, 6) is 0.127. The number of aromatic nitrogens is 2. The van der Waals surface area contributed by atoms with Crippen molar-refractivity contribution in [3.8, 4) is 0 Å². The molecule has 1 atom stereocenters. The van der Waals surface area contributed by atoms with E-state index in [1.165, 1.54) is 12.3 Å². The summed E-state index contributed by atoms with van der Waals surface area (Å²) in [6.45, 7) is 1.53. The van der Waals surface area contributed by atoms with Gasteiger partial charge >= 0.3 is 0 Å². The summed E-state index contributed by atoms with van der Waals surface area (Å²) in [6, 6.07) is 3.12. The van der Waals surface area contributed by atoms with Crippen LogP contribution >= 0.6 is 0 Å². The van der Waals surface area contributed by atoms with E-state index in [4.69, 9.17) is 4.74 Å². The van der Waals surface area contributed by atoms with Crippen LogP contribution in [0.5, 0.6) is 0 Å². The molecule has 4 heteroatoms. The Hall–Kier alpha value is -1.42. The number of pyridine rings is 1. The van der Waals surface area contributed by atoms with Crippen LogP contribution in [-0.2, 0) is 4.74 Å². The van der Waals surface area contributed by atoms with E-state index in [-0.39, 0.29) is 5.82 Å². The van der Waals surface area contributed by atoms with Gasteiger partial charge in [0.2, 0.25) is 0 Å². The highest BCUT2D eigenvalue weighted by Gasteiger charge is 2.20. The Kier molecular flexibility index (Phi) is 1.95. The summed E-state index contributed by atoms with van der Waals surface area (Å²) < 4.78 is 20.0. The lowest BCUT2D eigenvalue weighted by molar-refractivity contribution is 0.193. The first-order valence-corrected chi connectivity index (χ1v) is 5.05. The predicted octanol–water partition coefficient (Wildman–Crippen LogP) is 1.98. The third kappa shape index (κ3) is 1.51. The van der Waals surface area contributed by atoms with Crippen LogP contribution in [0.3, 0.4) is 0 Å². The Balaban J connectivity index is 2.05. The maximum absolute atomic E-state index is 12.9. The van der Waals surface area contributed by atoms with E-state index >= 15 is 0 Å². The first-order valence-electron chi connectivity index (χ1n) is 5.05. The fourth-order valence-corrected chi connectivity index (χ4v) is 1.95. The summed E-state index contributed by atoms with van der Waals surface area (Å²) in [6.07, 6.45) is 4.34. The molecule has 0 N–H and O–H groups in total. The summed E-state index contributed by atoms with van der Waals surface area (Å²) >= 11 is 0. The highest BCUT2D eigenvalue weighted by atomic mass is 19.1. The minimum Gasteiger partial charge on any atom is -0.381 e. The number of nitrogens with zero attached hydrogens (tertiary/aromatic N) is 2. The largest absolute Gasteiger partial charge is 0.381 e. The highest BCUT2D eigenvalue weighted by molar-refractivity contribution is 5.40. The molecule has 15 heavy (non-hydrogen) atoms. The Morgan fingerprint density at radius 3 is 3.13 bits per heavy atom. The van der Waals surface area contributed by atoms with Crippen molar-refractivity contribution < 1.29 is 9.13 Å². The van der Waals surface area contributed by atoms with Gasteiger partial charge in [0.05, 0.1) is 12.3 Å². The van der Waals surface area contributed by atoms with E-state index < -0.39 is 0 Å². The standard InChI is InChI=1S/C11H11FN2O/c12-9-1-2-11-13-10(6-14(11)5-9)8-3-4-15-7-8/h1-2,5-6,8H,3-4,7H2. The van der Waals surface area contributed by atoms with E-state index in [1.807, 2.05) is 6.20 Å². The molecule has 1 saturated heterocycles. The number of rotatable bonds is 1. The van der Waals surface area contributed by atoms with Gasteiger partial charge < -0.3 is 9.14 Å². The van der Waals surface area contributed by atoms with Gasteiger partial charge in [-0.2, -0.15) is 0 Å². The Bertz CT molecular complexity index is 488. The summed E-state index contributed by atoms with van der Waals surface area (Å²) in [4.78, 5) is 4.45. The summed E-state index contributed by atoms with van der Waals surface area (Å²) in [5.41, 5.74) is 1.79. The van der Waals surface area contributed by atoms with Crippen LogP contribution in [0.15, 0.2) is 24.5 Å². The van der Waals surface area contributed by atoms with Crippen LogP contribution in [0.25, 0.3) is 5.65 Å². The molecule has 2 aromatic rings. The van der Waals surface area contributed by atoms with Gasteiger partial charge in [-0.3, -0.25) is 0 Å². The monoisotopic (exact) mass is 206 g/mol. The fraction of sp³-hybridized carbons (Fsp3) is 0.364. The lowest BCUT2D eigenvalue weighted by Crippen LogP contribution is -1.96. The first-order chi connectivity index (χ1) is 7.33. The Labute approximate surface area is 86.5 Å². The molecule has 0 aliphatic carbocycles. The van der Waals surface area contributed by atoms with Crippen molar-refractivity contribution in [2.45, 2.75) is 12.3 Å². The van der Waals surface area contributed by atoms with Crippen LogP contribution in [0.1, 0.15) is 18.0 Å². The van der Waals surface area contributed by atoms with Crippen LogP contribution in [0, 0.1) is 5.82 Å². The molecule has 1 fully saturated rings. The molecule has 0 amide bonds.